The summed E-state index contributed by atoms with van der Waals surface area (Å²) in [4.78, 5) is 38.4. The summed E-state index contributed by atoms with van der Waals surface area (Å²) < 4.78 is 0. The molecule has 1 aromatic carbocycles. The van der Waals surface area contributed by atoms with Gasteiger partial charge in [-0.15, -0.1) is 0 Å². The second-order valence-electron chi connectivity index (χ2n) is 6.80. The lowest BCUT2D eigenvalue weighted by Crippen LogP contribution is -2.46. The first kappa shape index (κ1) is 17.0. The predicted molar refractivity (Wildman–Crippen MR) is 89.1 cm³/mol. The zero-order valence-corrected chi connectivity index (χ0v) is 14.2. The van der Waals surface area contributed by atoms with Crippen molar-refractivity contribution < 1.29 is 14.4 Å². The number of imide groups is 1. The van der Waals surface area contributed by atoms with Crippen LogP contribution in [0.3, 0.4) is 0 Å². The average molecular weight is 340 g/mol. The smallest absolute Gasteiger partial charge is 0.325 e. The molecule has 2 atom stereocenters. The lowest BCUT2D eigenvalue weighted by atomic mass is 9.92. The Morgan fingerprint density at radius 3 is 2.80 bits per heavy atom. The molecule has 0 bridgehead atoms. The highest BCUT2D eigenvalue weighted by molar-refractivity contribution is 6.09. The third-order valence-corrected chi connectivity index (χ3v) is 4.85. The van der Waals surface area contributed by atoms with E-state index in [2.05, 4.69) is 10.6 Å². The van der Waals surface area contributed by atoms with Gasteiger partial charge in [-0.05, 0) is 29.9 Å². The molecule has 1 heterocycles. The molecule has 7 nitrogen and oxygen atoms in total. The Balaban J connectivity index is 1.77. The molecule has 1 aliphatic heterocycles. The van der Waals surface area contributed by atoms with Crippen LogP contribution in [-0.4, -0.2) is 35.3 Å². The van der Waals surface area contributed by atoms with Gasteiger partial charge in [-0.25, -0.2) is 4.79 Å². The van der Waals surface area contributed by atoms with Crippen LogP contribution in [0, 0.1) is 17.2 Å². The first-order chi connectivity index (χ1) is 11.9. The van der Waals surface area contributed by atoms with E-state index >= 15 is 0 Å². The van der Waals surface area contributed by atoms with Gasteiger partial charge >= 0.3 is 6.03 Å². The van der Waals surface area contributed by atoms with Gasteiger partial charge < -0.3 is 10.6 Å². The maximum Gasteiger partial charge on any atom is 0.325 e. The molecule has 1 aromatic rings. The minimum absolute atomic E-state index is 0.0647. The molecule has 25 heavy (non-hydrogen) atoms. The molecule has 130 valence electrons. The number of rotatable bonds is 4. The van der Waals surface area contributed by atoms with Gasteiger partial charge in [-0.3, -0.25) is 14.5 Å². The minimum atomic E-state index is -1.07. The highest BCUT2D eigenvalue weighted by Gasteiger charge is 2.55. The third kappa shape index (κ3) is 2.74. The number of hydrogen-bond donors (Lipinski definition) is 2. The average Bonchev–Trinajstić information content (AvgIpc) is 3.06. The molecule has 1 saturated heterocycles. The number of carbonyl (C=O) groups is 3. The molecule has 2 aliphatic rings. The Kier molecular flexibility index (Phi) is 4.21. The van der Waals surface area contributed by atoms with Gasteiger partial charge in [0.1, 0.15) is 18.1 Å². The quantitative estimate of drug-likeness (QED) is 0.800. The van der Waals surface area contributed by atoms with Crippen LogP contribution in [0.1, 0.15) is 31.4 Å². The first-order valence-electron chi connectivity index (χ1n) is 8.30. The lowest BCUT2D eigenvalue weighted by Gasteiger charge is -2.22. The van der Waals surface area contributed by atoms with Crippen molar-refractivity contribution in [2.24, 2.45) is 5.92 Å². The number of fused-ring (bicyclic) bond motifs is 2. The van der Waals surface area contributed by atoms with Crippen LogP contribution < -0.4 is 10.6 Å². The SMILES string of the molecule is CC(C)C(C#N)NC(=O)CN1C(=O)NC2(CCc3ccccc32)C1=O. The van der Waals surface area contributed by atoms with Gasteiger partial charge in [0, 0.05) is 0 Å². The molecular weight excluding hydrogens is 320 g/mol. The number of urea groups is 1. The van der Waals surface area contributed by atoms with Crippen molar-refractivity contribution in [3.63, 3.8) is 0 Å². The number of aryl methyl sites for hydroxylation is 1. The van der Waals surface area contributed by atoms with Crippen molar-refractivity contribution in [3.05, 3.63) is 35.4 Å². The van der Waals surface area contributed by atoms with Crippen LogP contribution in [0.25, 0.3) is 0 Å². The van der Waals surface area contributed by atoms with Gasteiger partial charge in [0.05, 0.1) is 6.07 Å². The number of hydrogen-bond acceptors (Lipinski definition) is 4. The molecule has 7 heteroatoms. The summed E-state index contributed by atoms with van der Waals surface area (Å²) in [6.45, 7) is 3.23. The largest absolute Gasteiger partial charge is 0.339 e. The number of carbonyl (C=O) groups excluding carboxylic acids is 3. The van der Waals surface area contributed by atoms with Crippen LogP contribution >= 0.6 is 0 Å². The van der Waals surface area contributed by atoms with E-state index in [1.54, 1.807) is 0 Å². The molecule has 2 N–H and O–H groups in total. The van der Waals surface area contributed by atoms with Crippen molar-refractivity contribution in [3.8, 4) is 6.07 Å². The monoisotopic (exact) mass is 340 g/mol. The molecule has 0 radical (unpaired) electrons. The Hall–Kier alpha value is -2.88. The van der Waals surface area contributed by atoms with Gasteiger partial charge in [-0.2, -0.15) is 5.26 Å². The topological polar surface area (TPSA) is 102 Å². The van der Waals surface area contributed by atoms with Crippen molar-refractivity contribution in [1.82, 2.24) is 15.5 Å². The number of nitrogens with one attached hydrogen (secondary N) is 2. The Morgan fingerprint density at radius 2 is 2.12 bits per heavy atom. The second kappa shape index (κ2) is 6.20. The molecule has 1 fully saturated rings. The maximum absolute atomic E-state index is 12.9. The number of nitriles is 1. The van der Waals surface area contributed by atoms with E-state index in [4.69, 9.17) is 5.26 Å². The van der Waals surface area contributed by atoms with E-state index in [0.29, 0.717) is 12.8 Å². The molecule has 4 amide bonds. The normalized spacial score (nSPS) is 22.7. The zero-order chi connectivity index (χ0) is 18.2. The van der Waals surface area contributed by atoms with E-state index in [0.717, 1.165) is 16.0 Å². The van der Waals surface area contributed by atoms with Crippen LogP contribution in [0.5, 0.6) is 0 Å². The van der Waals surface area contributed by atoms with E-state index in [9.17, 15) is 14.4 Å². The summed E-state index contributed by atoms with van der Waals surface area (Å²) in [5.41, 5.74) is 0.765. The summed E-state index contributed by atoms with van der Waals surface area (Å²) >= 11 is 0. The standard InChI is InChI=1S/C18H20N4O3/c1-11(2)14(9-19)20-15(23)10-22-16(24)18(21-17(22)25)8-7-12-5-3-4-6-13(12)18/h3-6,11,14H,7-8,10H2,1-2H3,(H,20,23)(H,21,25). The molecule has 3 rings (SSSR count). The molecule has 1 aliphatic carbocycles. The third-order valence-electron chi connectivity index (χ3n) is 4.85. The van der Waals surface area contributed by atoms with Crippen LogP contribution in [0.15, 0.2) is 24.3 Å². The number of amides is 4. The molecule has 2 unspecified atom stereocenters. The summed E-state index contributed by atoms with van der Waals surface area (Å²) in [6.07, 6.45) is 1.19. The maximum atomic E-state index is 12.9. The summed E-state index contributed by atoms with van der Waals surface area (Å²) in [7, 11) is 0. The van der Waals surface area contributed by atoms with Crippen molar-refractivity contribution >= 4 is 17.8 Å². The van der Waals surface area contributed by atoms with E-state index in [1.807, 2.05) is 44.2 Å². The molecule has 1 spiro atoms. The lowest BCUT2D eigenvalue weighted by molar-refractivity contribution is -0.135. The van der Waals surface area contributed by atoms with Gasteiger partial charge in [-0.1, -0.05) is 38.1 Å². The minimum Gasteiger partial charge on any atom is -0.339 e. The first-order valence-corrected chi connectivity index (χ1v) is 8.30. The second-order valence-corrected chi connectivity index (χ2v) is 6.80. The zero-order valence-electron chi connectivity index (χ0n) is 14.2. The van der Waals surface area contributed by atoms with Crippen molar-refractivity contribution in [2.75, 3.05) is 6.54 Å². The molecule has 0 saturated carbocycles. The van der Waals surface area contributed by atoms with Crippen molar-refractivity contribution in [1.29, 1.82) is 5.26 Å². The fraction of sp³-hybridized carbons (Fsp3) is 0.444. The van der Waals surface area contributed by atoms with Gasteiger partial charge in [0.15, 0.2) is 0 Å². The van der Waals surface area contributed by atoms with Crippen molar-refractivity contribution in [2.45, 2.75) is 38.3 Å². The van der Waals surface area contributed by atoms with Crippen LogP contribution in [-0.2, 0) is 21.5 Å². The van der Waals surface area contributed by atoms with E-state index < -0.39 is 29.4 Å². The highest BCUT2D eigenvalue weighted by Crippen LogP contribution is 2.41. The fourth-order valence-corrected chi connectivity index (χ4v) is 3.44. The van der Waals surface area contributed by atoms with Gasteiger partial charge in [0.25, 0.3) is 5.91 Å². The van der Waals surface area contributed by atoms with Crippen LogP contribution in [0.4, 0.5) is 4.79 Å². The number of benzene rings is 1. The Bertz CT molecular complexity index is 783. The Morgan fingerprint density at radius 1 is 1.40 bits per heavy atom. The summed E-state index contributed by atoms with van der Waals surface area (Å²) in [6, 6.07) is 8.29. The molecular formula is C18H20N4O3. The summed E-state index contributed by atoms with van der Waals surface area (Å²) in [5.74, 6) is -0.993. The number of nitrogens with zero attached hydrogens (tertiary/aromatic N) is 2. The Labute approximate surface area is 146 Å². The summed E-state index contributed by atoms with van der Waals surface area (Å²) in [5, 5.41) is 14.4. The fourth-order valence-electron chi connectivity index (χ4n) is 3.44. The van der Waals surface area contributed by atoms with E-state index in [1.165, 1.54) is 0 Å². The van der Waals surface area contributed by atoms with Gasteiger partial charge in [0.2, 0.25) is 5.91 Å². The van der Waals surface area contributed by atoms with E-state index in [-0.39, 0.29) is 12.5 Å². The predicted octanol–water partition coefficient (Wildman–Crippen LogP) is 1.04. The molecule has 0 aromatic heterocycles. The highest BCUT2D eigenvalue weighted by atomic mass is 16.2. The van der Waals surface area contributed by atoms with Crippen LogP contribution in [0.2, 0.25) is 0 Å².